The van der Waals surface area contributed by atoms with Gasteiger partial charge in [0.15, 0.2) is 5.17 Å². The molecule has 1 aromatic heterocycles. The molecule has 27 heavy (non-hydrogen) atoms. The molecule has 2 aromatic carbocycles. The van der Waals surface area contributed by atoms with Gasteiger partial charge in [0.25, 0.3) is 5.91 Å². The summed E-state index contributed by atoms with van der Waals surface area (Å²) in [5, 5.41) is 4.79. The molecular weight excluding hydrogens is 358 g/mol. The number of pyridine rings is 1. The molecule has 1 aliphatic rings. The summed E-state index contributed by atoms with van der Waals surface area (Å²) in [6, 6.07) is 15.6. The van der Waals surface area contributed by atoms with E-state index in [1.165, 1.54) is 11.8 Å². The molecule has 4 rings (SSSR count). The Labute approximate surface area is 161 Å². The molecule has 0 aliphatic carbocycles. The third-order valence-corrected chi connectivity index (χ3v) is 5.16. The summed E-state index contributed by atoms with van der Waals surface area (Å²) in [5.41, 5.74) is 3.59. The molecule has 0 atom stereocenters. The fraction of sp³-hybridized carbons (Fsp3) is 0.0952. The van der Waals surface area contributed by atoms with Crippen LogP contribution in [-0.2, 0) is 4.79 Å². The van der Waals surface area contributed by atoms with Crippen LogP contribution in [0, 0.1) is 6.92 Å². The molecular formula is C21H17N3O2S. The Morgan fingerprint density at radius 3 is 2.78 bits per heavy atom. The van der Waals surface area contributed by atoms with Crippen molar-refractivity contribution in [2.24, 2.45) is 4.99 Å². The smallest absolute Gasteiger partial charge is 0.286 e. The Morgan fingerprint density at radius 2 is 1.93 bits per heavy atom. The summed E-state index contributed by atoms with van der Waals surface area (Å²) in [4.78, 5) is 21.5. The van der Waals surface area contributed by atoms with Crippen LogP contribution in [0.4, 0.5) is 5.69 Å². The first-order chi connectivity index (χ1) is 13.2. The van der Waals surface area contributed by atoms with E-state index in [1.807, 2.05) is 61.5 Å². The number of anilines is 1. The summed E-state index contributed by atoms with van der Waals surface area (Å²) in [6.07, 6.45) is 3.59. The number of thioether (sulfide) groups is 1. The van der Waals surface area contributed by atoms with Gasteiger partial charge in [-0.25, -0.2) is 0 Å². The van der Waals surface area contributed by atoms with Crippen molar-refractivity contribution in [1.29, 1.82) is 0 Å². The van der Waals surface area contributed by atoms with Crippen LogP contribution in [0.1, 0.15) is 11.1 Å². The molecule has 3 aromatic rings. The van der Waals surface area contributed by atoms with Gasteiger partial charge in [0.1, 0.15) is 5.75 Å². The van der Waals surface area contributed by atoms with E-state index in [0.717, 1.165) is 27.7 Å². The number of methoxy groups -OCH3 is 1. The second-order valence-electron chi connectivity index (χ2n) is 6.03. The zero-order valence-electron chi connectivity index (χ0n) is 14.9. The number of carbonyl (C=O) groups is 1. The third kappa shape index (κ3) is 3.44. The lowest BCUT2D eigenvalue weighted by molar-refractivity contribution is -0.113. The van der Waals surface area contributed by atoms with Gasteiger partial charge in [-0.15, -0.1) is 0 Å². The Bertz CT molecular complexity index is 1100. The largest absolute Gasteiger partial charge is 0.495 e. The van der Waals surface area contributed by atoms with Gasteiger partial charge in [-0.2, -0.15) is 4.99 Å². The van der Waals surface area contributed by atoms with Crippen LogP contribution in [0.15, 0.2) is 64.6 Å². The number of hydrogen-bond acceptors (Lipinski definition) is 5. The lowest BCUT2D eigenvalue weighted by Crippen LogP contribution is -2.07. The van der Waals surface area contributed by atoms with Crippen LogP contribution in [0.3, 0.4) is 0 Å². The minimum absolute atomic E-state index is 0.261. The lowest BCUT2D eigenvalue weighted by Gasteiger charge is -2.12. The predicted molar refractivity (Wildman–Crippen MR) is 111 cm³/mol. The van der Waals surface area contributed by atoms with Gasteiger partial charge in [-0.1, -0.05) is 36.4 Å². The monoisotopic (exact) mass is 375 g/mol. The number of ether oxygens (including phenoxy) is 1. The fourth-order valence-electron chi connectivity index (χ4n) is 2.93. The maximum Gasteiger partial charge on any atom is 0.286 e. The Morgan fingerprint density at radius 1 is 1.11 bits per heavy atom. The minimum atomic E-state index is -0.261. The van der Waals surface area contributed by atoms with Gasteiger partial charge in [0.05, 0.1) is 23.2 Å². The number of aromatic nitrogens is 1. The number of aliphatic imine (C=N–C) groups is 1. The average molecular weight is 375 g/mol. The number of hydrogen-bond donors (Lipinski definition) is 1. The van der Waals surface area contributed by atoms with E-state index >= 15 is 0 Å². The molecule has 0 bridgehead atoms. The van der Waals surface area contributed by atoms with E-state index in [4.69, 9.17) is 4.74 Å². The highest BCUT2D eigenvalue weighted by atomic mass is 32.2. The summed E-state index contributed by atoms with van der Waals surface area (Å²) < 4.78 is 5.40. The highest BCUT2D eigenvalue weighted by molar-refractivity contribution is 8.18. The van der Waals surface area contributed by atoms with Gasteiger partial charge in [-0.3, -0.25) is 9.78 Å². The Hall–Kier alpha value is -3.12. The molecule has 1 aliphatic heterocycles. The lowest BCUT2D eigenvalue weighted by atomic mass is 10.1. The quantitative estimate of drug-likeness (QED) is 0.676. The van der Waals surface area contributed by atoms with Crippen molar-refractivity contribution < 1.29 is 9.53 Å². The van der Waals surface area contributed by atoms with Gasteiger partial charge < -0.3 is 10.1 Å². The zero-order valence-corrected chi connectivity index (χ0v) is 15.7. The van der Waals surface area contributed by atoms with Crippen LogP contribution in [-0.4, -0.2) is 23.2 Å². The molecule has 5 nitrogen and oxygen atoms in total. The third-order valence-electron chi connectivity index (χ3n) is 4.26. The zero-order chi connectivity index (χ0) is 18.8. The Balaban J connectivity index is 1.62. The van der Waals surface area contributed by atoms with E-state index in [9.17, 15) is 4.79 Å². The number of aryl methyl sites for hydroxylation is 1. The maximum atomic E-state index is 12.4. The second kappa shape index (κ2) is 7.25. The summed E-state index contributed by atoms with van der Waals surface area (Å²) in [6.45, 7) is 1.98. The maximum absolute atomic E-state index is 12.4. The number of nitrogens with zero attached hydrogens (tertiary/aromatic N) is 2. The average Bonchev–Trinajstić information content (AvgIpc) is 3.03. The van der Waals surface area contributed by atoms with E-state index in [0.29, 0.717) is 15.8 Å². The number of nitrogens with one attached hydrogen (secondary N) is 1. The molecule has 6 heteroatoms. The number of benzene rings is 2. The first-order valence-corrected chi connectivity index (χ1v) is 9.24. The molecule has 0 unspecified atom stereocenters. The van der Waals surface area contributed by atoms with Crippen molar-refractivity contribution in [2.75, 3.05) is 12.4 Å². The number of para-hydroxylation sites is 2. The number of amidine groups is 1. The highest BCUT2D eigenvalue weighted by Crippen LogP contribution is 2.34. The standard InChI is InChI=1S/C21H17N3O2S/c1-13-6-3-10-16(26-2)18(13)23-21-24-20(25)17(27-21)12-15-8-4-7-14-9-5-11-22-19(14)15/h3-12H,1-2H3,(H,23,24,25). The number of carbonyl (C=O) groups excluding carboxylic acids is 1. The first kappa shape index (κ1) is 17.3. The van der Waals surface area contributed by atoms with Crippen molar-refractivity contribution in [1.82, 2.24) is 4.98 Å². The summed E-state index contributed by atoms with van der Waals surface area (Å²) >= 11 is 1.31. The van der Waals surface area contributed by atoms with Crippen molar-refractivity contribution >= 4 is 45.5 Å². The van der Waals surface area contributed by atoms with E-state index < -0.39 is 0 Å². The molecule has 0 saturated heterocycles. The molecule has 0 fully saturated rings. The molecule has 1 N–H and O–H groups in total. The molecule has 1 amide bonds. The van der Waals surface area contributed by atoms with E-state index in [-0.39, 0.29) is 5.91 Å². The van der Waals surface area contributed by atoms with Crippen molar-refractivity contribution in [2.45, 2.75) is 6.92 Å². The first-order valence-electron chi connectivity index (χ1n) is 8.42. The van der Waals surface area contributed by atoms with E-state index in [1.54, 1.807) is 13.3 Å². The van der Waals surface area contributed by atoms with Crippen molar-refractivity contribution in [3.63, 3.8) is 0 Å². The normalized spacial score (nSPS) is 15.3. The molecule has 134 valence electrons. The van der Waals surface area contributed by atoms with Crippen LogP contribution >= 0.6 is 11.8 Å². The number of fused-ring (bicyclic) bond motifs is 1. The number of rotatable bonds is 3. The van der Waals surface area contributed by atoms with Crippen LogP contribution < -0.4 is 10.1 Å². The Kier molecular flexibility index (Phi) is 4.64. The highest BCUT2D eigenvalue weighted by Gasteiger charge is 2.23. The van der Waals surface area contributed by atoms with Crippen LogP contribution in [0.25, 0.3) is 17.0 Å². The molecule has 0 radical (unpaired) electrons. The van der Waals surface area contributed by atoms with Gasteiger partial charge >= 0.3 is 0 Å². The van der Waals surface area contributed by atoms with E-state index in [2.05, 4.69) is 15.3 Å². The van der Waals surface area contributed by atoms with Gasteiger partial charge in [-0.05, 0) is 42.5 Å². The van der Waals surface area contributed by atoms with Crippen LogP contribution in [0.5, 0.6) is 5.75 Å². The molecule has 0 saturated carbocycles. The van der Waals surface area contributed by atoms with Crippen LogP contribution in [0.2, 0.25) is 0 Å². The van der Waals surface area contributed by atoms with Gasteiger partial charge in [0.2, 0.25) is 0 Å². The topological polar surface area (TPSA) is 63.6 Å². The minimum Gasteiger partial charge on any atom is -0.495 e. The summed E-state index contributed by atoms with van der Waals surface area (Å²) in [7, 11) is 1.62. The molecule has 0 spiro atoms. The second-order valence-corrected chi connectivity index (χ2v) is 7.06. The SMILES string of the molecule is COc1cccc(C)c1NC1=NC(=O)C(=Cc2cccc3cccnc23)S1. The van der Waals surface area contributed by atoms with Crippen molar-refractivity contribution in [3.05, 3.63) is 70.8 Å². The number of amides is 1. The van der Waals surface area contributed by atoms with Crippen molar-refractivity contribution in [3.8, 4) is 5.75 Å². The predicted octanol–water partition coefficient (Wildman–Crippen LogP) is 4.63. The fourth-order valence-corrected chi connectivity index (χ4v) is 3.74. The van der Waals surface area contributed by atoms with Gasteiger partial charge in [0, 0.05) is 17.1 Å². The molecule has 2 heterocycles. The summed E-state index contributed by atoms with van der Waals surface area (Å²) in [5.74, 6) is 0.449.